The molecule has 0 aliphatic heterocycles. The third-order valence-electron chi connectivity index (χ3n) is 5.79. The zero-order chi connectivity index (χ0) is 26.8. The highest BCUT2D eigenvalue weighted by Crippen LogP contribution is 2.34. The number of aryl methyl sites for hydroxylation is 1. The van der Waals surface area contributed by atoms with Gasteiger partial charge in [0.2, 0.25) is 10.0 Å². The van der Waals surface area contributed by atoms with Gasteiger partial charge in [-0.2, -0.15) is 10.4 Å². The van der Waals surface area contributed by atoms with Crippen molar-refractivity contribution in [1.29, 1.82) is 5.26 Å². The van der Waals surface area contributed by atoms with E-state index in [1.54, 1.807) is 0 Å². The molecule has 0 saturated carbocycles. The van der Waals surface area contributed by atoms with E-state index in [2.05, 4.69) is 15.1 Å². The predicted octanol–water partition coefficient (Wildman–Crippen LogP) is 4.34. The summed E-state index contributed by atoms with van der Waals surface area (Å²) in [5.41, 5.74) is -0.221. The molecule has 0 saturated heterocycles. The molecule has 0 unspecified atom stereocenters. The molecule has 0 fully saturated rings. The Morgan fingerprint density at radius 2 is 1.81 bits per heavy atom. The number of carbonyl (C=O) groups is 1. The van der Waals surface area contributed by atoms with Gasteiger partial charge in [-0.25, -0.2) is 17.2 Å². The number of nitrogens with zero attached hydrogens (tertiary/aromatic N) is 3. The summed E-state index contributed by atoms with van der Waals surface area (Å²) in [7, 11) is -2.69. The minimum absolute atomic E-state index is 0.131. The number of halogens is 2. The first-order valence-corrected chi connectivity index (χ1v) is 12.7. The van der Waals surface area contributed by atoms with E-state index in [1.165, 1.54) is 31.3 Å². The number of anilines is 1. The summed E-state index contributed by atoms with van der Waals surface area (Å²) >= 11 is 0. The number of amides is 1. The van der Waals surface area contributed by atoms with Crippen LogP contribution < -0.4 is 10.0 Å². The minimum Gasteiger partial charge on any atom is -0.348 e. The van der Waals surface area contributed by atoms with Gasteiger partial charge in [0.25, 0.3) is 5.91 Å². The van der Waals surface area contributed by atoms with Crippen LogP contribution in [0.1, 0.15) is 49.3 Å². The number of benzene rings is 2. The Labute approximate surface area is 209 Å². The fourth-order valence-corrected chi connectivity index (χ4v) is 4.53. The molecule has 3 aromatic rings. The molecule has 0 radical (unpaired) electrons. The van der Waals surface area contributed by atoms with E-state index in [9.17, 15) is 22.0 Å². The molecule has 3 rings (SSSR count). The summed E-state index contributed by atoms with van der Waals surface area (Å²) < 4.78 is 58.0. The van der Waals surface area contributed by atoms with Gasteiger partial charge in [-0.05, 0) is 42.2 Å². The molecular formula is C25H27F2N5O3S. The van der Waals surface area contributed by atoms with Crippen LogP contribution >= 0.6 is 0 Å². The Morgan fingerprint density at radius 3 is 2.36 bits per heavy atom. The molecule has 0 aliphatic rings. The number of aromatic nitrogens is 2. The summed E-state index contributed by atoms with van der Waals surface area (Å²) in [6.07, 6.45) is 0. The third kappa shape index (κ3) is 6.07. The molecule has 0 aliphatic carbocycles. The number of sulfonamides is 1. The van der Waals surface area contributed by atoms with Crippen LogP contribution in [0, 0.1) is 28.4 Å². The fourth-order valence-electron chi connectivity index (χ4n) is 3.32. The summed E-state index contributed by atoms with van der Waals surface area (Å²) in [5, 5.41) is 16.0. The average Bonchev–Trinajstić information content (AvgIpc) is 3.08. The topological polar surface area (TPSA) is 117 Å². The van der Waals surface area contributed by atoms with E-state index in [1.807, 2.05) is 33.8 Å². The lowest BCUT2D eigenvalue weighted by molar-refractivity contribution is 0.0901. The van der Waals surface area contributed by atoms with Crippen LogP contribution in [-0.2, 0) is 22.8 Å². The molecule has 36 heavy (non-hydrogen) atoms. The summed E-state index contributed by atoms with van der Waals surface area (Å²) in [6, 6.07) is 10.4. The van der Waals surface area contributed by atoms with Crippen molar-refractivity contribution < 1.29 is 22.0 Å². The van der Waals surface area contributed by atoms with Crippen LogP contribution in [0.15, 0.2) is 42.5 Å². The van der Waals surface area contributed by atoms with Crippen LogP contribution in [0.5, 0.6) is 0 Å². The second-order valence-electron chi connectivity index (χ2n) is 9.55. The average molecular weight is 516 g/mol. The van der Waals surface area contributed by atoms with Crippen molar-refractivity contribution in [2.45, 2.75) is 39.5 Å². The normalized spacial score (nSPS) is 12.6. The summed E-state index contributed by atoms with van der Waals surface area (Å²) in [4.78, 5) is 13.3. The van der Waals surface area contributed by atoms with Crippen molar-refractivity contribution in [2.75, 3.05) is 4.72 Å². The molecule has 1 heterocycles. The lowest BCUT2D eigenvalue weighted by atomic mass is 9.88. The van der Waals surface area contributed by atoms with Crippen LogP contribution in [0.25, 0.3) is 11.3 Å². The maximum Gasteiger partial charge on any atom is 0.271 e. The Kier molecular flexibility index (Phi) is 7.50. The lowest BCUT2D eigenvalue weighted by Gasteiger charge is -2.28. The maximum atomic E-state index is 14.7. The van der Waals surface area contributed by atoms with Gasteiger partial charge in [-0.3, -0.25) is 14.2 Å². The van der Waals surface area contributed by atoms with Gasteiger partial charge >= 0.3 is 0 Å². The van der Waals surface area contributed by atoms with Crippen LogP contribution in [-0.4, -0.2) is 30.1 Å². The quantitative estimate of drug-likeness (QED) is 0.485. The van der Waals surface area contributed by atoms with Gasteiger partial charge in [0.05, 0.1) is 17.4 Å². The predicted molar refractivity (Wildman–Crippen MR) is 132 cm³/mol. The van der Waals surface area contributed by atoms with Gasteiger partial charge < -0.3 is 5.32 Å². The Morgan fingerprint density at radius 1 is 1.17 bits per heavy atom. The maximum absolute atomic E-state index is 14.7. The number of carbonyl (C=O) groups excluding carboxylic acids is 1. The summed E-state index contributed by atoms with van der Waals surface area (Å²) in [5.74, 6) is -2.86. The number of nitriles is 1. The molecule has 8 nitrogen and oxygen atoms in total. The Bertz CT molecular complexity index is 1440. The van der Waals surface area contributed by atoms with Gasteiger partial charge in [0.15, 0.2) is 5.69 Å². The van der Waals surface area contributed by atoms with E-state index < -0.39 is 33.3 Å². The molecule has 0 bridgehead atoms. The van der Waals surface area contributed by atoms with Crippen LogP contribution in [0.2, 0.25) is 0 Å². The van der Waals surface area contributed by atoms with Crippen molar-refractivity contribution in [3.05, 3.63) is 70.9 Å². The SMILES string of the molecule is C[C@H](NC(=O)c1c(NS(=O)(=O)Cc2ccc(C#N)cc2)c(-c2ccc(F)cc2F)nn1C)C(C)(C)C. The van der Waals surface area contributed by atoms with E-state index in [0.717, 1.165) is 16.8 Å². The first kappa shape index (κ1) is 26.8. The van der Waals surface area contributed by atoms with Crippen molar-refractivity contribution >= 4 is 21.6 Å². The van der Waals surface area contributed by atoms with Crippen molar-refractivity contribution in [2.24, 2.45) is 12.5 Å². The molecule has 1 atom stereocenters. The van der Waals surface area contributed by atoms with Crippen LogP contribution in [0.4, 0.5) is 14.5 Å². The van der Waals surface area contributed by atoms with Crippen LogP contribution in [0.3, 0.4) is 0 Å². The number of hydrogen-bond acceptors (Lipinski definition) is 5. The lowest BCUT2D eigenvalue weighted by Crippen LogP contribution is -2.42. The molecule has 2 N–H and O–H groups in total. The van der Waals surface area contributed by atoms with Crippen molar-refractivity contribution in [3.63, 3.8) is 0 Å². The van der Waals surface area contributed by atoms with E-state index in [4.69, 9.17) is 5.26 Å². The van der Waals surface area contributed by atoms with Gasteiger partial charge in [0.1, 0.15) is 23.0 Å². The Hall–Kier alpha value is -3.78. The highest BCUT2D eigenvalue weighted by atomic mass is 32.2. The highest BCUT2D eigenvalue weighted by molar-refractivity contribution is 7.91. The minimum atomic E-state index is -4.12. The number of nitrogens with one attached hydrogen (secondary N) is 2. The molecule has 1 aromatic heterocycles. The van der Waals surface area contributed by atoms with Gasteiger partial charge in [0, 0.05) is 24.7 Å². The largest absolute Gasteiger partial charge is 0.348 e. The number of rotatable bonds is 7. The molecule has 11 heteroatoms. The second-order valence-corrected chi connectivity index (χ2v) is 11.3. The zero-order valence-electron chi connectivity index (χ0n) is 20.6. The van der Waals surface area contributed by atoms with Crippen molar-refractivity contribution in [1.82, 2.24) is 15.1 Å². The zero-order valence-corrected chi connectivity index (χ0v) is 21.4. The molecular weight excluding hydrogens is 488 g/mol. The molecule has 2 aromatic carbocycles. The van der Waals surface area contributed by atoms with E-state index in [0.29, 0.717) is 17.2 Å². The van der Waals surface area contributed by atoms with Crippen molar-refractivity contribution in [3.8, 4) is 17.3 Å². The molecule has 0 spiro atoms. The first-order valence-electron chi connectivity index (χ1n) is 11.0. The first-order chi connectivity index (χ1) is 16.7. The van der Waals surface area contributed by atoms with Gasteiger partial charge in [-0.15, -0.1) is 0 Å². The van der Waals surface area contributed by atoms with E-state index in [-0.39, 0.29) is 34.1 Å². The standard InChI is InChI=1S/C25H27F2N5O3S/c1-15(25(2,3)4)29-24(33)23-22(21(30-32(23)5)19-11-10-18(26)12-20(19)27)31-36(34,35)14-17-8-6-16(13-28)7-9-17/h6-12,15,31H,14H2,1-5H3,(H,29,33)/t15-/m0/s1. The fraction of sp³-hybridized carbons (Fsp3) is 0.320. The second kappa shape index (κ2) is 10.1. The van der Waals surface area contributed by atoms with E-state index >= 15 is 0 Å². The highest BCUT2D eigenvalue weighted by Gasteiger charge is 2.30. The number of hydrogen-bond donors (Lipinski definition) is 2. The van der Waals surface area contributed by atoms with Gasteiger partial charge in [-0.1, -0.05) is 32.9 Å². The summed E-state index contributed by atoms with van der Waals surface area (Å²) in [6.45, 7) is 7.61. The molecule has 1 amide bonds. The molecule has 190 valence electrons. The monoisotopic (exact) mass is 515 g/mol. The third-order valence-corrected chi connectivity index (χ3v) is 7.02. The smallest absolute Gasteiger partial charge is 0.271 e. The Balaban J connectivity index is 2.08.